The summed E-state index contributed by atoms with van der Waals surface area (Å²) in [6.07, 6.45) is -8.18. The fourth-order valence-corrected chi connectivity index (χ4v) is 9.03. The number of nitrogens with two attached hydrogens (primary N) is 1. The molecule has 2 saturated heterocycles. The number of hydrogen-bond acceptors (Lipinski definition) is 11. The smallest absolute Gasteiger partial charge is 0.187 e. The second kappa shape index (κ2) is 27.2. The number of ether oxygens (including phenoxy) is 10. The van der Waals surface area contributed by atoms with E-state index >= 15 is 0 Å². The van der Waals surface area contributed by atoms with Crippen molar-refractivity contribution >= 4 is 0 Å². The molecule has 1 unspecified atom stereocenters. The van der Waals surface area contributed by atoms with E-state index in [-0.39, 0.29) is 46.2 Å². The van der Waals surface area contributed by atoms with Gasteiger partial charge in [0.2, 0.25) is 0 Å². The van der Waals surface area contributed by atoms with Crippen LogP contribution in [-0.4, -0.2) is 74.6 Å². The minimum Gasteiger partial charge on any atom is -0.374 e. The largest absolute Gasteiger partial charge is 0.374 e. The van der Waals surface area contributed by atoms with E-state index in [1.165, 1.54) is 0 Å². The molecule has 0 aliphatic carbocycles. The fourth-order valence-electron chi connectivity index (χ4n) is 9.03. The number of hydrogen-bond donors (Lipinski definition) is 1. The Balaban J connectivity index is 1.10. The maximum Gasteiger partial charge on any atom is 0.187 e. The Morgan fingerprint density at radius 3 is 0.931 bits per heavy atom. The molecule has 72 heavy (non-hydrogen) atoms. The maximum atomic E-state index is 7.46. The van der Waals surface area contributed by atoms with Crippen molar-refractivity contribution in [2.24, 2.45) is 5.73 Å². The SMILES string of the molecule is NC1O[C@H](COCc2ccccc2)[C@@H](O[C@H]2O[C@H](COCc3ccccc3)[C@@H](OCc3ccccc3)[C@H](OCc3ccccc3)[C@H]2OCc2ccccc2)[C@H](OCc2ccccc2)[C@H]1OCc1ccccc1. The van der Waals surface area contributed by atoms with Crippen molar-refractivity contribution in [2.75, 3.05) is 13.2 Å². The molecule has 7 aromatic carbocycles. The van der Waals surface area contributed by atoms with Gasteiger partial charge in [-0.25, -0.2) is 0 Å². The van der Waals surface area contributed by atoms with Crippen molar-refractivity contribution in [3.05, 3.63) is 251 Å². The zero-order chi connectivity index (χ0) is 49.0. The molecule has 0 amide bonds. The van der Waals surface area contributed by atoms with Crippen molar-refractivity contribution < 1.29 is 47.4 Å². The normalized spacial score (nSPS) is 24.2. The Kier molecular flexibility index (Phi) is 19.3. The first-order chi connectivity index (χ1) is 35.6. The van der Waals surface area contributed by atoms with E-state index in [1.54, 1.807) is 0 Å². The van der Waals surface area contributed by atoms with Crippen molar-refractivity contribution in [3.63, 3.8) is 0 Å². The first-order valence-electron chi connectivity index (χ1n) is 24.9. The molecule has 0 radical (unpaired) electrons. The molecule has 10 atom stereocenters. The van der Waals surface area contributed by atoms with E-state index in [4.69, 9.17) is 53.1 Å². The van der Waals surface area contributed by atoms with Gasteiger partial charge in [-0.15, -0.1) is 0 Å². The molecule has 374 valence electrons. The van der Waals surface area contributed by atoms with Crippen molar-refractivity contribution in [1.82, 2.24) is 0 Å². The van der Waals surface area contributed by atoms with Crippen LogP contribution in [0.15, 0.2) is 212 Å². The van der Waals surface area contributed by atoms with Crippen LogP contribution in [0.3, 0.4) is 0 Å². The second-order valence-electron chi connectivity index (χ2n) is 18.1. The van der Waals surface area contributed by atoms with Crippen LogP contribution >= 0.6 is 0 Å². The summed E-state index contributed by atoms with van der Waals surface area (Å²) >= 11 is 0. The summed E-state index contributed by atoms with van der Waals surface area (Å²) in [6.45, 7) is 2.25. The van der Waals surface area contributed by atoms with Crippen LogP contribution in [0.5, 0.6) is 0 Å². The highest BCUT2D eigenvalue weighted by atomic mass is 16.7. The first-order valence-corrected chi connectivity index (χ1v) is 24.9. The third kappa shape index (κ3) is 14.8. The molecular weight excluding hydrogens is 907 g/mol. The van der Waals surface area contributed by atoms with E-state index in [0.29, 0.717) is 13.2 Å². The van der Waals surface area contributed by atoms with Gasteiger partial charge in [0.15, 0.2) is 6.29 Å². The van der Waals surface area contributed by atoms with Crippen LogP contribution in [0.2, 0.25) is 0 Å². The van der Waals surface area contributed by atoms with Crippen LogP contribution < -0.4 is 5.73 Å². The highest BCUT2D eigenvalue weighted by molar-refractivity contribution is 5.19. The standard InChI is InChI=1S/C61H65NO10/c62-60-58(68-41-50-32-18-6-19-33-50)57(67-40-49-30-16-5-17-31-49)55(53(70-60)44-64-37-46-24-10-2-11-25-46)72-61-59(69-42-51-34-20-7-21-35-51)56(66-39-48-28-14-4-15-29-48)54(65-38-47-26-12-3-13-27-47)52(71-61)43-63-36-45-22-8-1-9-23-45/h1-35,52-61H,36-44,62H2/t52-,53-,54-,55-,56+,57+,58-,59-,60?,61-/m1/s1. The molecule has 0 spiro atoms. The van der Waals surface area contributed by atoms with Gasteiger partial charge in [-0.3, -0.25) is 0 Å². The minimum atomic E-state index is -1.09. The summed E-state index contributed by atoms with van der Waals surface area (Å²) in [5, 5.41) is 0. The van der Waals surface area contributed by atoms with Crippen LogP contribution in [-0.2, 0) is 93.6 Å². The van der Waals surface area contributed by atoms with Crippen LogP contribution in [0, 0.1) is 0 Å². The average Bonchev–Trinajstić information content (AvgIpc) is 3.43. The van der Waals surface area contributed by atoms with E-state index in [1.807, 2.05) is 212 Å². The first kappa shape index (κ1) is 51.0. The summed E-state index contributed by atoms with van der Waals surface area (Å²) in [4.78, 5) is 0. The Bertz CT molecular complexity index is 2550. The Labute approximate surface area is 423 Å². The van der Waals surface area contributed by atoms with Gasteiger partial charge >= 0.3 is 0 Å². The molecule has 2 heterocycles. The Morgan fingerprint density at radius 2 is 0.569 bits per heavy atom. The van der Waals surface area contributed by atoms with E-state index < -0.39 is 61.3 Å². The van der Waals surface area contributed by atoms with Crippen LogP contribution in [0.25, 0.3) is 0 Å². The lowest BCUT2D eigenvalue weighted by atomic mass is 9.95. The fraction of sp³-hybridized carbons (Fsp3) is 0.311. The predicted molar refractivity (Wildman–Crippen MR) is 274 cm³/mol. The summed E-state index contributed by atoms with van der Waals surface area (Å²) in [5.41, 5.74) is 13.9. The van der Waals surface area contributed by atoms with Crippen LogP contribution in [0.1, 0.15) is 38.9 Å². The van der Waals surface area contributed by atoms with Gasteiger partial charge < -0.3 is 53.1 Å². The van der Waals surface area contributed by atoms with Crippen molar-refractivity contribution in [1.29, 1.82) is 0 Å². The van der Waals surface area contributed by atoms with Crippen molar-refractivity contribution in [3.8, 4) is 0 Å². The van der Waals surface area contributed by atoms with Gasteiger partial charge in [0.05, 0.1) is 59.5 Å². The van der Waals surface area contributed by atoms with Gasteiger partial charge in [0, 0.05) is 0 Å². The van der Waals surface area contributed by atoms with Gasteiger partial charge in [0.1, 0.15) is 55.1 Å². The zero-order valence-electron chi connectivity index (χ0n) is 40.5. The summed E-state index contributed by atoms with van der Waals surface area (Å²) in [7, 11) is 0. The molecule has 11 nitrogen and oxygen atoms in total. The summed E-state index contributed by atoms with van der Waals surface area (Å²) in [6, 6.07) is 70.2. The van der Waals surface area contributed by atoms with E-state index in [9.17, 15) is 0 Å². The third-order valence-corrected chi connectivity index (χ3v) is 12.8. The molecule has 0 bridgehead atoms. The van der Waals surface area contributed by atoms with Gasteiger partial charge in [-0.2, -0.15) is 0 Å². The molecular formula is C61H65NO10. The lowest BCUT2D eigenvalue weighted by Crippen LogP contribution is -2.67. The summed E-state index contributed by atoms with van der Waals surface area (Å²) in [5.74, 6) is 0. The quantitative estimate of drug-likeness (QED) is 0.0590. The van der Waals surface area contributed by atoms with Gasteiger partial charge in [-0.1, -0.05) is 212 Å². The molecule has 2 N–H and O–H groups in total. The highest BCUT2D eigenvalue weighted by Gasteiger charge is 2.54. The highest BCUT2D eigenvalue weighted by Crippen LogP contribution is 2.36. The Morgan fingerprint density at radius 1 is 0.292 bits per heavy atom. The Hall–Kier alpha value is -5.90. The molecule has 2 aliphatic rings. The monoisotopic (exact) mass is 971 g/mol. The van der Waals surface area contributed by atoms with E-state index in [0.717, 1.165) is 38.9 Å². The molecule has 0 aromatic heterocycles. The molecule has 0 saturated carbocycles. The average molecular weight is 972 g/mol. The molecule has 9 rings (SSSR count). The number of rotatable bonds is 25. The third-order valence-electron chi connectivity index (χ3n) is 12.8. The second-order valence-corrected chi connectivity index (χ2v) is 18.1. The topological polar surface area (TPSA) is 118 Å². The van der Waals surface area contributed by atoms with Gasteiger partial charge in [-0.05, 0) is 38.9 Å². The molecule has 7 aromatic rings. The minimum absolute atomic E-state index is 0.118. The van der Waals surface area contributed by atoms with E-state index in [2.05, 4.69) is 0 Å². The number of benzene rings is 7. The molecule has 2 aliphatic heterocycles. The molecule has 2 fully saturated rings. The molecule has 11 heteroatoms. The summed E-state index contributed by atoms with van der Waals surface area (Å²) < 4.78 is 69.3. The zero-order valence-corrected chi connectivity index (χ0v) is 40.5. The van der Waals surface area contributed by atoms with Crippen LogP contribution in [0.4, 0.5) is 0 Å². The lowest BCUT2D eigenvalue weighted by molar-refractivity contribution is -0.363. The van der Waals surface area contributed by atoms with Crippen molar-refractivity contribution in [2.45, 2.75) is 108 Å². The predicted octanol–water partition coefficient (Wildman–Crippen LogP) is 10.1. The van der Waals surface area contributed by atoms with Gasteiger partial charge in [0.25, 0.3) is 0 Å². The maximum absolute atomic E-state index is 7.46. The lowest BCUT2D eigenvalue weighted by Gasteiger charge is -2.50.